The summed E-state index contributed by atoms with van der Waals surface area (Å²) in [6, 6.07) is 10.7. The molecule has 10 nitrogen and oxygen atoms in total. The first-order chi connectivity index (χ1) is 15.2. The van der Waals surface area contributed by atoms with Crippen LogP contribution in [-0.4, -0.2) is 37.8 Å². The molecule has 1 aliphatic carbocycles. The summed E-state index contributed by atoms with van der Waals surface area (Å²) in [5.74, 6) is 1.16. The van der Waals surface area contributed by atoms with Crippen molar-refractivity contribution in [3.63, 3.8) is 0 Å². The first-order valence-electron chi connectivity index (χ1n) is 9.62. The fourth-order valence-corrected chi connectivity index (χ4v) is 3.27. The third kappa shape index (κ3) is 4.13. The fourth-order valence-electron chi connectivity index (χ4n) is 3.27. The van der Waals surface area contributed by atoms with Crippen LogP contribution < -0.4 is 29.8 Å². The van der Waals surface area contributed by atoms with Gasteiger partial charge in [0.25, 0.3) is 0 Å². The molecular formula is C21H18N4O6. The lowest BCUT2D eigenvalue weighted by Gasteiger charge is -2.01. The van der Waals surface area contributed by atoms with E-state index in [-0.39, 0.29) is 25.4 Å². The summed E-state index contributed by atoms with van der Waals surface area (Å²) in [5, 5.41) is 7.90. The van der Waals surface area contributed by atoms with Crippen molar-refractivity contribution in [2.45, 2.75) is 6.42 Å². The van der Waals surface area contributed by atoms with Crippen molar-refractivity contribution in [3.05, 3.63) is 47.5 Å². The number of amides is 2. The molecule has 0 bridgehead atoms. The quantitative estimate of drug-likeness (QED) is 0.536. The van der Waals surface area contributed by atoms with Gasteiger partial charge in [-0.15, -0.1) is 0 Å². The predicted octanol–water partition coefficient (Wildman–Crippen LogP) is 1.38. The number of fused-ring (bicyclic) bond motifs is 2. The van der Waals surface area contributed by atoms with Gasteiger partial charge in [0.1, 0.15) is 0 Å². The maximum Gasteiger partial charge on any atom is 0.244 e. The molecule has 0 saturated heterocycles. The third-order valence-electron chi connectivity index (χ3n) is 5.03. The van der Waals surface area contributed by atoms with E-state index in [0.717, 1.165) is 11.1 Å². The summed E-state index contributed by atoms with van der Waals surface area (Å²) in [4.78, 5) is 24.4. The Hall–Kier alpha value is -4.08. The highest BCUT2D eigenvalue weighted by Crippen LogP contribution is 2.39. The molecule has 158 valence electrons. The first-order valence-corrected chi connectivity index (χ1v) is 9.62. The average molecular weight is 422 g/mol. The molecule has 10 heteroatoms. The van der Waals surface area contributed by atoms with Crippen LogP contribution in [0.4, 0.5) is 0 Å². The Morgan fingerprint density at radius 2 is 1.19 bits per heavy atom. The van der Waals surface area contributed by atoms with Crippen LogP contribution >= 0.6 is 0 Å². The van der Waals surface area contributed by atoms with Gasteiger partial charge in [-0.1, -0.05) is 0 Å². The molecule has 1 fully saturated rings. The number of rotatable bonds is 6. The largest absolute Gasteiger partial charge is 0.454 e. The van der Waals surface area contributed by atoms with E-state index in [1.165, 1.54) is 12.4 Å². The van der Waals surface area contributed by atoms with E-state index < -0.39 is 11.8 Å². The number of hydrogen-bond acceptors (Lipinski definition) is 8. The molecule has 31 heavy (non-hydrogen) atoms. The van der Waals surface area contributed by atoms with Gasteiger partial charge < -0.3 is 18.9 Å². The number of nitrogens with one attached hydrogen (secondary N) is 2. The topological polar surface area (TPSA) is 120 Å². The summed E-state index contributed by atoms with van der Waals surface area (Å²) in [7, 11) is 0. The highest BCUT2D eigenvalue weighted by atomic mass is 16.7. The number of hydrazone groups is 2. The molecule has 0 aromatic heterocycles. The van der Waals surface area contributed by atoms with Crippen molar-refractivity contribution in [1.29, 1.82) is 0 Å². The summed E-state index contributed by atoms with van der Waals surface area (Å²) in [6.45, 7) is 0.386. The molecule has 3 aliphatic rings. The Bertz CT molecular complexity index is 1010. The smallest absolute Gasteiger partial charge is 0.244 e. The molecule has 2 heterocycles. The number of ether oxygens (including phenoxy) is 4. The molecule has 2 aromatic rings. The van der Waals surface area contributed by atoms with E-state index in [0.29, 0.717) is 29.4 Å². The van der Waals surface area contributed by atoms with Crippen LogP contribution in [0.25, 0.3) is 0 Å². The van der Waals surface area contributed by atoms with Crippen LogP contribution in [-0.2, 0) is 9.59 Å². The maximum atomic E-state index is 12.2. The summed E-state index contributed by atoms with van der Waals surface area (Å²) in [5.41, 5.74) is 6.45. The standard InChI is InChI=1S/C21H18N4O6/c26-20(24-22-8-12-1-3-16-18(5-12)30-10-28-16)14-7-15(14)21(27)25-23-9-13-2-4-17-19(6-13)31-11-29-17/h1-6,8-9,14-15H,7,10-11H2,(H,24,26)(H,25,27)/b22-8+,23-9+. The zero-order chi connectivity index (χ0) is 21.2. The molecule has 2 atom stereocenters. The molecular weight excluding hydrogens is 404 g/mol. The van der Waals surface area contributed by atoms with Gasteiger partial charge in [-0.05, 0) is 53.9 Å². The van der Waals surface area contributed by atoms with Crippen LogP contribution in [0.5, 0.6) is 23.0 Å². The molecule has 2 amide bonds. The minimum absolute atomic E-state index is 0.193. The van der Waals surface area contributed by atoms with Gasteiger partial charge in [0.15, 0.2) is 23.0 Å². The second kappa shape index (κ2) is 7.98. The van der Waals surface area contributed by atoms with Gasteiger partial charge in [-0.3, -0.25) is 9.59 Å². The van der Waals surface area contributed by atoms with Gasteiger partial charge in [0.2, 0.25) is 25.4 Å². The van der Waals surface area contributed by atoms with Crippen molar-refractivity contribution in [1.82, 2.24) is 10.9 Å². The molecule has 2 aromatic carbocycles. The third-order valence-corrected chi connectivity index (χ3v) is 5.03. The second-order valence-electron chi connectivity index (χ2n) is 7.14. The number of carbonyl (C=O) groups is 2. The number of nitrogens with zero attached hydrogens (tertiary/aromatic N) is 2. The van der Waals surface area contributed by atoms with Crippen LogP contribution in [0.1, 0.15) is 17.5 Å². The van der Waals surface area contributed by atoms with E-state index in [2.05, 4.69) is 21.1 Å². The molecule has 5 rings (SSSR count). The molecule has 0 spiro atoms. The Balaban J connectivity index is 1.08. The van der Waals surface area contributed by atoms with E-state index in [9.17, 15) is 9.59 Å². The molecule has 2 N–H and O–H groups in total. The van der Waals surface area contributed by atoms with E-state index in [4.69, 9.17) is 18.9 Å². The Morgan fingerprint density at radius 3 is 1.68 bits per heavy atom. The summed E-state index contributed by atoms with van der Waals surface area (Å²) in [6.07, 6.45) is 3.47. The van der Waals surface area contributed by atoms with Crippen LogP contribution in [0.2, 0.25) is 0 Å². The van der Waals surface area contributed by atoms with Crippen molar-refractivity contribution >= 4 is 24.2 Å². The lowest BCUT2D eigenvalue weighted by atomic mass is 10.2. The van der Waals surface area contributed by atoms with Gasteiger partial charge in [0, 0.05) is 0 Å². The van der Waals surface area contributed by atoms with Crippen LogP contribution in [0.15, 0.2) is 46.6 Å². The minimum Gasteiger partial charge on any atom is -0.454 e. The highest BCUT2D eigenvalue weighted by molar-refractivity contribution is 5.93. The Kier molecular flexibility index (Phi) is 4.87. The monoisotopic (exact) mass is 422 g/mol. The lowest BCUT2D eigenvalue weighted by Crippen LogP contribution is -2.25. The highest BCUT2D eigenvalue weighted by Gasteiger charge is 2.48. The minimum atomic E-state index is -0.422. The average Bonchev–Trinajstić information content (AvgIpc) is 3.21. The number of benzene rings is 2. The summed E-state index contributed by atoms with van der Waals surface area (Å²) < 4.78 is 21.1. The van der Waals surface area contributed by atoms with E-state index >= 15 is 0 Å². The zero-order valence-electron chi connectivity index (χ0n) is 16.2. The van der Waals surface area contributed by atoms with Crippen LogP contribution in [0, 0.1) is 11.8 Å². The van der Waals surface area contributed by atoms with Crippen LogP contribution in [0.3, 0.4) is 0 Å². The van der Waals surface area contributed by atoms with E-state index in [1.54, 1.807) is 36.4 Å². The van der Waals surface area contributed by atoms with Gasteiger partial charge >= 0.3 is 0 Å². The van der Waals surface area contributed by atoms with Crippen molar-refractivity contribution in [2.24, 2.45) is 22.0 Å². The zero-order valence-corrected chi connectivity index (χ0v) is 16.2. The predicted molar refractivity (Wildman–Crippen MR) is 108 cm³/mol. The maximum absolute atomic E-state index is 12.2. The van der Waals surface area contributed by atoms with Gasteiger partial charge in [-0.25, -0.2) is 10.9 Å². The number of carbonyl (C=O) groups excluding carboxylic acids is 2. The lowest BCUT2D eigenvalue weighted by molar-refractivity contribution is -0.127. The molecule has 2 unspecified atom stereocenters. The Labute approximate surface area is 176 Å². The van der Waals surface area contributed by atoms with Gasteiger partial charge in [-0.2, -0.15) is 10.2 Å². The SMILES string of the molecule is O=C(N/N=C/c1ccc2c(c1)OCO2)C1CC1C(=O)N/N=C/c1ccc2c(c1)OCO2. The summed E-state index contributed by atoms with van der Waals surface area (Å²) >= 11 is 0. The molecule has 0 radical (unpaired) electrons. The Morgan fingerprint density at radius 1 is 0.742 bits per heavy atom. The normalized spacial score (nSPS) is 20.3. The van der Waals surface area contributed by atoms with Crippen molar-refractivity contribution in [2.75, 3.05) is 13.6 Å². The number of hydrogen-bond donors (Lipinski definition) is 2. The van der Waals surface area contributed by atoms with Crippen molar-refractivity contribution in [3.8, 4) is 23.0 Å². The second-order valence-corrected chi connectivity index (χ2v) is 7.14. The molecule has 2 aliphatic heterocycles. The van der Waals surface area contributed by atoms with E-state index in [1.807, 2.05) is 0 Å². The first kappa shape index (κ1) is 18.9. The molecule has 1 saturated carbocycles. The fraction of sp³-hybridized carbons (Fsp3) is 0.238. The van der Waals surface area contributed by atoms with Crippen molar-refractivity contribution < 1.29 is 28.5 Å². The van der Waals surface area contributed by atoms with Gasteiger partial charge in [0.05, 0.1) is 24.3 Å².